The maximum atomic E-state index is 13.6. The zero-order valence-corrected chi connectivity index (χ0v) is 17.8. The Bertz CT molecular complexity index is 1640. The average Bonchev–Trinajstić information content (AvgIpc) is 2.80. The van der Waals surface area contributed by atoms with Gasteiger partial charge in [-0.15, -0.1) is 11.3 Å². The zero-order valence-electron chi connectivity index (χ0n) is 16.2. The van der Waals surface area contributed by atoms with Crippen molar-refractivity contribution in [1.82, 2.24) is 9.55 Å². The number of rotatable bonds is 3. The summed E-state index contributed by atoms with van der Waals surface area (Å²) in [6.45, 7) is 0. The summed E-state index contributed by atoms with van der Waals surface area (Å²) >= 11 is 7.26. The van der Waals surface area contributed by atoms with Crippen molar-refractivity contribution in [2.24, 2.45) is 0 Å². The van der Waals surface area contributed by atoms with E-state index in [-0.39, 0.29) is 22.3 Å². The molecule has 0 saturated carbocycles. The fraction of sp³-hybridized carbons (Fsp3) is 0. The van der Waals surface area contributed by atoms with E-state index in [9.17, 15) is 19.7 Å². The first-order chi connectivity index (χ1) is 15.4. The highest BCUT2D eigenvalue weighted by Crippen LogP contribution is 2.27. The smallest absolute Gasteiger partial charge is 0.271 e. The van der Waals surface area contributed by atoms with E-state index in [1.54, 1.807) is 42.5 Å². The summed E-state index contributed by atoms with van der Waals surface area (Å²) in [5.41, 5.74) is -0.00913. The Balaban J connectivity index is 1.90. The predicted molar refractivity (Wildman–Crippen MR) is 126 cm³/mol. The normalized spacial score (nSPS) is 11.2. The molecule has 3 aromatic carbocycles. The molecule has 0 atom stereocenters. The van der Waals surface area contributed by atoms with Crippen LogP contribution < -0.4 is 11.0 Å². The van der Waals surface area contributed by atoms with E-state index in [1.165, 1.54) is 40.2 Å². The average molecular weight is 462 g/mol. The molecule has 2 heterocycles. The molecule has 0 radical (unpaired) electrons. The molecular weight excluding hydrogens is 450 g/mol. The number of nitrogens with zero attached hydrogens (tertiary/aromatic N) is 3. The van der Waals surface area contributed by atoms with E-state index in [1.807, 2.05) is 6.07 Å². The van der Waals surface area contributed by atoms with Crippen molar-refractivity contribution >= 4 is 48.9 Å². The van der Waals surface area contributed by atoms with Crippen molar-refractivity contribution in [1.29, 1.82) is 0 Å². The van der Waals surface area contributed by atoms with Gasteiger partial charge in [-0.1, -0.05) is 23.7 Å². The summed E-state index contributed by atoms with van der Waals surface area (Å²) in [5, 5.41) is 12.0. The molecule has 156 valence electrons. The van der Waals surface area contributed by atoms with Crippen LogP contribution in [-0.2, 0) is 0 Å². The van der Waals surface area contributed by atoms with Crippen LogP contribution in [0.15, 0.2) is 82.4 Å². The molecule has 0 fully saturated rings. The van der Waals surface area contributed by atoms with Crippen LogP contribution in [0.1, 0.15) is 0 Å². The monoisotopic (exact) mass is 461 g/mol. The Morgan fingerprint density at radius 1 is 0.938 bits per heavy atom. The largest absolute Gasteiger partial charge is 0.288 e. The SMILES string of the molecule is O=c1c2ccccc2sc2nc(-c3ccc([N+](=O)[O-])cc3)n(-c3ccc(Cl)cc3)c(=O)c12. The number of fused-ring (bicyclic) bond motifs is 2. The molecular formula is C23H12ClN3O4S. The molecule has 0 bridgehead atoms. The highest BCUT2D eigenvalue weighted by Gasteiger charge is 2.19. The number of aromatic nitrogens is 2. The van der Waals surface area contributed by atoms with E-state index in [0.29, 0.717) is 26.5 Å². The first-order valence-electron chi connectivity index (χ1n) is 9.43. The first kappa shape index (κ1) is 20.0. The van der Waals surface area contributed by atoms with E-state index >= 15 is 0 Å². The van der Waals surface area contributed by atoms with Crippen LogP contribution >= 0.6 is 22.9 Å². The number of hydrogen-bond donors (Lipinski definition) is 0. The Kier molecular flexibility index (Phi) is 4.80. The second-order valence-corrected chi connectivity index (χ2v) is 8.43. The molecule has 0 aliphatic heterocycles. The maximum Gasteiger partial charge on any atom is 0.271 e. The van der Waals surface area contributed by atoms with Gasteiger partial charge in [0.05, 0.1) is 10.6 Å². The van der Waals surface area contributed by atoms with E-state index < -0.39 is 10.5 Å². The molecule has 0 saturated heterocycles. The fourth-order valence-electron chi connectivity index (χ4n) is 3.51. The predicted octanol–water partition coefficient (Wildman–Crippen LogP) is 5.19. The van der Waals surface area contributed by atoms with Gasteiger partial charge in [-0.2, -0.15) is 0 Å². The molecule has 0 aliphatic rings. The summed E-state index contributed by atoms with van der Waals surface area (Å²) in [7, 11) is 0. The van der Waals surface area contributed by atoms with Crippen molar-refractivity contribution in [2.45, 2.75) is 0 Å². The van der Waals surface area contributed by atoms with E-state index in [2.05, 4.69) is 4.98 Å². The van der Waals surface area contributed by atoms with Crippen LogP contribution in [-0.4, -0.2) is 14.5 Å². The second kappa shape index (κ2) is 7.67. The topological polar surface area (TPSA) is 95.1 Å². The van der Waals surface area contributed by atoms with Gasteiger partial charge in [-0.3, -0.25) is 24.3 Å². The van der Waals surface area contributed by atoms with Crippen molar-refractivity contribution in [3.8, 4) is 17.1 Å². The van der Waals surface area contributed by atoms with Crippen molar-refractivity contribution in [2.75, 3.05) is 0 Å². The Hall–Kier alpha value is -3.88. The second-order valence-electron chi connectivity index (χ2n) is 6.96. The molecule has 0 spiro atoms. The number of non-ortho nitro benzene ring substituents is 1. The lowest BCUT2D eigenvalue weighted by Crippen LogP contribution is -2.26. The van der Waals surface area contributed by atoms with Gasteiger partial charge < -0.3 is 0 Å². The third kappa shape index (κ3) is 3.26. The molecule has 0 amide bonds. The Morgan fingerprint density at radius 2 is 1.62 bits per heavy atom. The standard InChI is InChI=1S/C23H12ClN3O4S/c24-14-7-11-15(12-8-14)26-21(13-5-9-16(10-6-13)27(30)31)25-22-19(23(26)29)20(28)17-3-1-2-4-18(17)32-22/h1-12H. The molecule has 5 rings (SSSR count). The molecule has 7 nitrogen and oxygen atoms in total. The number of nitro benzene ring substituents is 1. The lowest BCUT2D eigenvalue weighted by molar-refractivity contribution is -0.384. The van der Waals surface area contributed by atoms with Gasteiger partial charge in [0.15, 0.2) is 0 Å². The molecule has 0 N–H and O–H groups in total. The number of halogens is 1. The molecule has 5 aromatic rings. The Morgan fingerprint density at radius 3 is 2.31 bits per heavy atom. The molecule has 9 heteroatoms. The zero-order chi connectivity index (χ0) is 22.4. The van der Waals surface area contributed by atoms with Gasteiger partial charge in [-0.05, 0) is 48.5 Å². The first-order valence-corrected chi connectivity index (χ1v) is 10.6. The van der Waals surface area contributed by atoms with E-state index in [4.69, 9.17) is 11.6 Å². The lowest BCUT2D eigenvalue weighted by Gasteiger charge is -2.14. The van der Waals surface area contributed by atoms with Gasteiger partial charge in [0.2, 0.25) is 5.43 Å². The van der Waals surface area contributed by atoms with Crippen LogP contribution in [0.4, 0.5) is 5.69 Å². The third-order valence-corrected chi connectivity index (χ3v) is 6.35. The van der Waals surface area contributed by atoms with Crippen LogP contribution in [0.5, 0.6) is 0 Å². The quantitative estimate of drug-likeness (QED) is 0.209. The minimum Gasteiger partial charge on any atom is -0.288 e. The summed E-state index contributed by atoms with van der Waals surface area (Å²) in [6.07, 6.45) is 0. The van der Waals surface area contributed by atoms with Crippen LogP contribution in [0, 0.1) is 10.1 Å². The molecule has 32 heavy (non-hydrogen) atoms. The minimum absolute atomic E-state index is 0.00527. The lowest BCUT2D eigenvalue weighted by atomic mass is 10.1. The van der Waals surface area contributed by atoms with Gasteiger partial charge in [0, 0.05) is 32.8 Å². The summed E-state index contributed by atoms with van der Waals surface area (Å²) in [4.78, 5) is 42.3. The molecule has 2 aromatic heterocycles. The third-order valence-electron chi connectivity index (χ3n) is 5.04. The summed E-state index contributed by atoms with van der Waals surface area (Å²) < 4.78 is 2.05. The van der Waals surface area contributed by atoms with Crippen molar-refractivity contribution in [3.63, 3.8) is 0 Å². The number of nitro groups is 1. The van der Waals surface area contributed by atoms with Gasteiger partial charge in [0.1, 0.15) is 16.0 Å². The number of hydrogen-bond acceptors (Lipinski definition) is 6. The fourth-order valence-corrected chi connectivity index (χ4v) is 4.67. The van der Waals surface area contributed by atoms with E-state index in [0.717, 1.165) is 4.70 Å². The van der Waals surface area contributed by atoms with Gasteiger partial charge in [0.25, 0.3) is 11.2 Å². The molecule has 0 unspecified atom stereocenters. The van der Waals surface area contributed by atoms with Crippen LogP contribution in [0.25, 0.3) is 37.4 Å². The maximum absolute atomic E-state index is 13.6. The number of benzene rings is 3. The van der Waals surface area contributed by atoms with Crippen LogP contribution in [0.2, 0.25) is 5.02 Å². The Labute approximate surface area is 188 Å². The highest BCUT2D eigenvalue weighted by atomic mass is 35.5. The summed E-state index contributed by atoms with van der Waals surface area (Å²) in [6, 6.07) is 19.4. The van der Waals surface area contributed by atoms with Gasteiger partial charge >= 0.3 is 0 Å². The minimum atomic E-state index is -0.516. The summed E-state index contributed by atoms with van der Waals surface area (Å²) in [5.74, 6) is 0.269. The van der Waals surface area contributed by atoms with Crippen molar-refractivity contribution < 1.29 is 4.92 Å². The van der Waals surface area contributed by atoms with Crippen LogP contribution in [0.3, 0.4) is 0 Å². The highest BCUT2D eigenvalue weighted by molar-refractivity contribution is 7.24. The van der Waals surface area contributed by atoms with Crippen molar-refractivity contribution in [3.05, 3.63) is 109 Å². The van der Waals surface area contributed by atoms with Gasteiger partial charge in [-0.25, -0.2) is 4.98 Å². The molecule has 0 aliphatic carbocycles.